The molecule has 0 saturated carbocycles. The van der Waals surface area contributed by atoms with Gasteiger partial charge in [0.05, 0.1) is 49.5 Å². The van der Waals surface area contributed by atoms with Crippen molar-refractivity contribution < 1.29 is 36.5 Å². The third-order valence-electron chi connectivity index (χ3n) is 5.99. The van der Waals surface area contributed by atoms with Crippen molar-refractivity contribution in [2.24, 2.45) is 5.41 Å². The number of hydrogen-bond acceptors (Lipinski definition) is 7. The van der Waals surface area contributed by atoms with Crippen LogP contribution < -0.4 is 14.8 Å². The van der Waals surface area contributed by atoms with E-state index in [-0.39, 0.29) is 11.0 Å². The van der Waals surface area contributed by atoms with Crippen molar-refractivity contribution >= 4 is 16.7 Å². The molecule has 0 bridgehead atoms. The molecule has 1 aromatic heterocycles. The zero-order chi connectivity index (χ0) is 26.1. The van der Waals surface area contributed by atoms with E-state index < -0.39 is 23.6 Å². The number of halogens is 4. The van der Waals surface area contributed by atoms with Crippen LogP contribution in [0.2, 0.25) is 0 Å². The monoisotopic (exact) mass is 509 g/mol. The Kier molecular flexibility index (Phi) is 7.24. The molecule has 0 aliphatic carbocycles. The summed E-state index contributed by atoms with van der Waals surface area (Å²) < 4.78 is 75.8. The number of alkyl halides is 3. The first-order chi connectivity index (χ1) is 17.0. The Bertz CT molecular complexity index is 1250. The number of anilines is 1. The number of hydrogen-bond donors (Lipinski definition) is 1. The summed E-state index contributed by atoms with van der Waals surface area (Å²) in [5.41, 5.74) is -0.638. The molecule has 0 spiro atoms. The van der Waals surface area contributed by atoms with Crippen molar-refractivity contribution in [1.82, 2.24) is 9.97 Å². The molecule has 2 aromatic carbocycles. The zero-order valence-corrected chi connectivity index (χ0v) is 20.3. The average molecular weight is 510 g/mol. The normalized spacial score (nSPS) is 15.9. The molecule has 7 nitrogen and oxygen atoms in total. The van der Waals surface area contributed by atoms with Crippen LogP contribution in [0.4, 0.5) is 23.4 Å². The zero-order valence-electron chi connectivity index (χ0n) is 20.3. The van der Waals surface area contributed by atoms with Crippen LogP contribution in [-0.4, -0.2) is 50.6 Å². The highest BCUT2D eigenvalue weighted by Crippen LogP contribution is 2.38. The van der Waals surface area contributed by atoms with Gasteiger partial charge in [-0.15, -0.1) is 0 Å². The number of rotatable bonds is 9. The number of nitrogens with one attached hydrogen (secondary N) is 1. The molecule has 1 aliphatic rings. The molecule has 1 saturated heterocycles. The maximum atomic E-state index is 14.0. The molecule has 194 valence electrons. The molecule has 0 radical (unpaired) electrons. The largest absolute Gasteiger partial charge is 0.493 e. The fraction of sp³-hybridized carbons (Fsp3) is 0.440. The number of aryl methyl sites for hydroxylation is 1. The molecule has 11 heteroatoms. The number of nitrogens with zero attached hydrogens (tertiary/aromatic N) is 2. The third-order valence-corrected chi connectivity index (χ3v) is 5.99. The molecule has 3 aromatic rings. The minimum absolute atomic E-state index is 0.128. The Labute approximate surface area is 205 Å². The van der Waals surface area contributed by atoms with Gasteiger partial charge < -0.3 is 24.3 Å². The summed E-state index contributed by atoms with van der Waals surface area (Å²) in [5, 5.41) is 3.68. The summed E-state index contributed by atoms with van der Waals surface area (Å²) in [6, 6.07) is 5.19. The fourth-order valence-corrected chi connectivity index (χ4v) is 4.09. The van der Waals surface area contributed by atoms with Gasteiger partial charge in [0.25, 0.3) is 0 Å². The highest BCUT2D eigenvalue weighted by Gasteiger charge is 2.40. The Morgan fingerprint density at radius 2 is 1.81 bits per heavy atom. The van der Waals surface area contributed by atoms with Gasteiger partial charge in [-0.2, -0.15) is 13.2 Å². The van der Waals surface area contributed by atoms with Crippen LogP contribution >= 0.6 is 0 Å². The predicted molar refractivity (Wildman–Crippen MR) is 125 cm³/mol. The van der Waals surface area contributed by atoms with Crippen LogP contribution in [-0.2, 0) is 15.7 Å². The van der Waals surface area contributed by atoms with Crippen molar-refractivity contribution in [3.63, 3.8) is 0 Å². The Morgan fingerprint density at radius 3 is 2.42 bits per heavy atom. The molecule has 2 heterocycles. The van der Waals surface area contributed by atoms with Crippen LogP contribution in [0.15, 0.2) is 30.3 Å². The molecule has 0 amide bonds. The Morgan fingerprint density at radius 1 is 1.06 bits per heavy atom. The molecule has 4 rings (SSSR count). The van der Waals surface area contributed by atoms with Gasteiger partial charge in [0, 0.05) is 18.6 Å². The van der Waals surface area contributed by atoms with E-state index in [1.165, 1.54) is 7.11 Å². The smallest absolute Gasteiger partial charge is 0.416 e. The van der Waals surface area contributed by atoms with Gasteiger partial charge >= 0.3 is 6.18 Å². The first kappa shape index (κ1) is 25.9. The molecule has 36 heavy (non-hydrogen) atoms. The van der Waals surface area contributed by atoms with Gasteiger partial charge in [0.2, 0.25) is 0 Å². The Balaban J connectivity index is 1.67. The number of aromatic nitrogens is 2. The molecular formula is C25H27F4N3O4. The van der Waals surface area contributed by atoms with Crippen molar-refractivity contribution in [3.05, 3.63) is 53.1 Å². The van der Waals surface area contributed by atoms with E-state index in [9.17, 15) is 17.6 Å². The third kappa shape index (κ3) is 5.46. The maximum absolute atomic E-state index is 14.0. The first-order valence-electron chi connectivity index (χ1n) is 11.2. The second kappa shape index (κ2) is 10.1. The van der Waals surface area contributed by atoms with E-state index >= 15 is 0 Å². The first-order valence-corrected chi connectivity index (χ1v) is 11.2. The van der Waals surface area contributed by atoms with E-state index in [2.05, 4.69) is 15.3 Å². The summed E-state index contributed by atoms with van der Waals surface area (Å²) in [6.07, 6.45) is -4.66. The number of benzene rings is 2. The van der Waals surface area contributed by atoms with Gasteiger partial charge in [-0.1, -0.05) is 0 Å². The summed E-state index contributed by atoms with van der Waals surface area (Å²) in [5.74, 6) is 0.748. The van der Waals surface area contributed by atoms with E-state index in [1.54, 1.807) is 33.1 Å². The lowest BCUT2D eigenvalue weighted by molar-refractivity contribution is -0.159. The van der Waals surface area contributed by atoms with E-state index in [0.717, 1.165) is 12.1 Å². The fourth-order valence-electron chi connectivity index (χ4n) is 4.09. The lowest BCUT2D eigenvalue weighted by atomic mass is 9.88. The molecule has 1 aliphatic heterocycles. The quantitative estimate of drug-likeness (QED) is 0.392. The number of fused-ring (bicyclic) bond motifs is 1. The van der Waals surface area contributed by atoms with Crippen molar-refractivity contribution in [2.45, 2.75) is 26.1 Å². The Hall–Kier alpha value is -3.18. The van der Waals surface area contributed by atoms with Gasteiger partial charge in [0.1, 0.15) is 24.1 Å². The number of ether oxygens (including phenoxy) is 4. The maximum Gasteiger partial charge on any atom is 0.416 e. The van der Waals surface area contributed by atoms with Crippen molar-refractivity contribution in [1.29, 1.82) is 0 Å². The van der Waals surface area contributed by atoms with Gasteiger partial charge in [-0.25, -0.2) is 14.4 Å². The van der Waals surface area contributed by atoms with Gasteiger partial charge in [0.15, 0.2) is 11.5 Å². The van der Waals surface area contributed by atoms with E-state index in [4.69, 9.17) is 18.9 Å². The van der Waals surface area contributed by atoms with Gasteiger partial charge in [-0.05, 0) is 43.7 Å². The van der Waals surface area contributed by atoms with E-state index in [1.807, 2.05) is 0 Å². The molecule has 1 N–H and O–H groups in total. The SMILES string of the molecule is COCC1(COc2cc3c(N[C@H](C)c4cc(F)cc(C(F)(F)F)c4)nc(C)nc3cc2OC)COC1. The minimum Gasteiger partial charge on any atom is -0.493 e. The molecule has 1 atom stereocenters. The summed E-state index contributed by atoms with van der Waals surface area (Å²) in [4.78, 5) is 8.90. The van der Waals surface area contributed by atoms with Gasteiger partial charge in [-0.3, -0.25) is 0 Å². The minimum atomic E-state index is -4.66. The lowest BCUT2D eigenvalue weighted by Crippen LogP contribution is -2.50. The number of methoxy groups -OCH3 is 2. The van der Waals surface area contributed by atoms with Crippen LogP contribution in [0.1, 0.15) is 29.9 Å². The topological polar surface area (TPSA) is 74.7 Å². The lowest BCUT2D eigenvalue weighted by Gasteiger charge is -2.40. The van der Waals surface area contributed by atoms with Crippen LogP contribution in [0, 0.1) is 18.2 Å². The second-order valence-electron chi connectivity index (χ2n) is 8.99. The average Bonchev–Trinajstić information content (AvgIpc) is 2.79. The van der Waals surface area contributed by atoms with Crippen molar-refractivity contribution in [3.8, 4) is 11.5 Å². The van der Waals surface area contributed by atoms with Crippen LogP contribution in [0.5, 0.6) is 11.5 Å². The predicted octanol–water partition coefficient (Wildman–Crippen LogP) is 5.32. The molecule has 0 unspecified atom stereocenters. The standard InChI is InChI=1S/C25H27F4N3O4/c1-14(16-5-17(25(27,28)29)7-18(26)6-16)30-23-19-8-22(36-13-24(10-33-3)11-35-12-24)21(34-4)9-20(19)31-15(2)32-23/h5-9,14H,10-13H2,1-4H3,(H,30,31,32)/t14-/m1/s1. The molecular weight excluding hydrogens is 482 g/mol. The van der Waals surface area contributed by atoms with Crippen LogP contribution in [0.25, 0.3) is 10.9 Å². The summed E-state index contributed by atoms with van der Waals surface area (Å²) in [6.45, 7) is 5.15. The highest BCUT2D eigenvalue weighted by atomic mass is 19.4. The summed E-state index contributed by atoms with van der Waals surface area (Å²) >= 11 is 0. The van der Waals surface area contributed by atoms with E-state index in [0.29, 0.717) is 66.5 Å². The second-order valence-corrected chi connectivity index (χ2v) is 8.99. The van der Waals surface area contributed by atoms with Crippen LogP contribution in [0.3, 0.4) is 0 Å². The summed E-state index contributed by atoms with van der Waals surface area (Å²) in [7, 11) is 3.13. The van der Waals surface area contributed by atoms with Crippen molar-refractivity contribution in [2.75, 3.05) is 46.0 Å². The highest BCUT2D eigenvalue weighted by molar-refractivity contribution is 5.92. The molecule has 1 fully saturated rings.